The summed E-state index contributed by atoms with van der Waals surface area (Å²) < 4.78 is 3.06. The number of Topliss-reactive ketones (excluding diaryl/α,β-unsaturated/α-hetero) is 1. The van der Waals surface area contributed by atoms with E-state index in [0.29, 0.717) is 6.42 Å². The highest BCUT2D eigenvalue weighted by molar-refractivity contribution is 5.77. The van der Waals surface area contributed by atoms with Crippen molar-refractivity contribution < 1.29 is 4.79 Å². The van der Waals surface area contributed by atoms with Crippen LogP contribution in [0.3, 0.4) is 0 Å². The summed E-state index contributed by atoms with van der Waals surface area (Å²) in [6.45, 7) is 2.84. The third-order valence-corrected chi connectivity index (χ3v) is 3.14. The molecule has 1 aliphatic heterocycles. The van der Waals surface area contributed by atoms with Crippen molar-refractivity contribution in [3.05, 3.63) is 16.3 Å². The summed E-state index contributed by atoms with van der Waals surface area (Å²) in [5, 5.41) is 4.28. The second kappa shape index (κ2) is 5.29. The van der Waals surface area contributed by atoms with Crippen LogP contribution >= 0.6 is 0 Å². The normalized spacial score (nSPS) is 15.4. The molecular weight excluding hydrogens is 218 g/mol. The maximum Gasteiger partial charge on any atom is 0.346 e. The lowest BCUT2D eigenvalue weighted by Gasteiger charge is -1.98. The molecule has 0 unspecified atom stereocenters. The predicted molar refractivity (Wildman–Crippen MR) is 64.0 cm³/mol. The molecule has 2 heterocycles. The highest BCUT2D eigenvalue weighted by atomic mass is 16.2. The number of carbonyl (C=O) groups excluding carboxylic acids is 1. The van der Waals surface area contributed by atoms with Gasteiger partial charge in [-0.2, -0.15) is 5.10 Å². The molecule has 1 aromatic rings. The average Bonchev–Trinajstić information content (AvgIpc) is 2.51. The first-order valence-electron chi connectivity index (χ1n) is 6.40. The lowest BCUT2D eigenvalue weighted by molar-refractivity contribution is -0.119. The molecule has 1 aromatic heterocycles. The van der Waals surface area contributed by atoms with E-state index in [1.165, 1.54) is 4.68 Å². The van der Waals surface area contributed by atoms with Crippen molar-refractivity contribution >= 4 is 5.78 Å². The molecule has 0 radical (unpaired) electrons. The lowest BCUT2D eigenvalue weighted by atomic mass is 10.2. The Bertz CT molecular complexity index is 459. The van der Waals surface area contributed by atoms with Crippen LogP contribution in [-0.4, -0.2) is 20.1 Å². The molecule has 17 heavy (non-hydrogen) atoms. The van der Waals surface area contributed by atoms with Crippen LogP contribution in [0.4, 0.5) is 0 Å². The molecule has 0 fully saturated rings. The first-order valence-corrected chi connectivity index (χ1v) is 6.40. The Morgan fingerprint density at radius 2 is 2.18 bits per heavy atom. The molecule has 0 spiro atoms. The molecule has 0 saturated heterocycles. The predicted octanol–water partition coefficient (Wildman–Crippen LogP) is 1.14. The van der Waals surface area contributed by atoms with Gasteiger partial charge in [-0.1, -0.05) is 13.3 Å². The molecule has 0 amide bonds. The molecule has 0 saturated carbocycles. The van der Waals surface area contributed by atoms with Gasteiger partial charge in [0.2, 0.25) is 0 Å². The number of ketones is 1. The third kappa shape index (κ3) is 2.65. The van der Waals surface area contributed by atoms with E-state index in [0.717, 1.165) is 44.5 Å². The van der Waals surface area contributed by atoms with Crippen molar-refractivity contribution in [3.8, 4) is 0 Å². The highest BCUT2D eigenvalue weighted by Crippen LogP contribution is 2.10. The summed E-state index contributed by atoms with van der Waals surface area (Å²) >= 11 is 0. The average molecular weight is 237 g/mol. The van der Waals surface area contributed by atoms with Crippen LogP contribution in [0.25, 0.3) is 0 Å². The molecule has 0 aliphatic carbocycles. The van der Waals surface area contributed by atoms with Gasteiger partial charge in [-0.3, -0.25) is 9.36 Å². The van der Waals surface area contributed by atoms with Gasteiger partial charge in [0.15, 0.2) is 5.78 Å². The van der Waals surface area contributed by atoms with Gasteiger partial charge in [0.1, 0.15) is 12.4 Å². The minimum Gasteiger partial charge on any atom is -0.298 e. The SMILES string of the molecule is CCCC(=O)Cn1nc2n(c1=O)CCCCC2. The Labute approximate surface area is 100 Å². The van der Waals surface area contributed by atoms with Crippen LogP contribution in [0.15, 0.2) is 4.79 Å². The second-order valence-electron chi connectivity index (χ2n) is 4.61. The van der Waals surface area contributed by atoms with Crippen molar-refractivity contribution in [2.24, 2.45) is 0 Å². The number of carbonyl (C=O) groups is 1. The van der Waals surface area contributed by atoms with Crippen LogP contribution < -0.4 is 5.69 Å². The lowest BCUT2D eigenvalue weighted by Crippen LogP contribution is -2.27. The zero-order chi connectivity index (χ0) is 12.3. The number of hydrogen-bond acceptors (Lipinski definition) is 3. The van der Waals surface area contributed by atoms with E-state index in [9.17, 15) is 9.59 Å². The number of hydrogen-bond donors (Lipinski definition) is 0. The van der Waals surface area contributed by atoms with Crippen molar-refractivity contribution in [1.82, 2.24) is 14.3 Å². The molecule has 0 atom stereocenters. The van der Waals surface area contributed by atoms with Gasteiger partial charge < -0.3 is 0 Å². The molecule has 5 heteroatoms. The van der Waals surface area contributed by atoms with Crippen molar-refractivity contribution in [2.75, 3.05) is 0 Å². The van der Waals surface area contributed by atoms with E-state index in [1.807, 2.05) is 6.92 Å². The third-order valence-electron chi connectivity index (χ3n) is 3.14. The first kappa shape index (κ1) is 12.1. The van der Waals surface area contributed by atoms with Crippen LogP contribution in [0.1, 0.15) is 44.9 Å². The Hall–Kier alpha value is -1.39. The number of rotatable bonds is 4. The van der Waals surface area contributed by atoms with E-state index in [-0.39, 0.29) is 18.0 Å². The maximum absolute atomic E-state index is 12.0. The van der Waals surface area contributed by atoms with Gasteiger partial charge in [-0.25, -0.2) is 9.48 Å². The van der Waals surface area contributed by atoms with Crippen LogP contribution in [0.5, 0.6) is 0 Å². The van der Waals surface area contributed by atoms with Crippen molar-refractivity contribution in [3.63, 3.8) is 0 Å². The Balaban J connectivity index is 2.19. The first-order chi connectivity index (χ1) is 8.22. The molecule has 2 rings (SSSR count). The van der Waals surface area contributed by atoms with E-state index < -0.39 is 0 Å². The summed E-state index contributed by atoms with van der Waals surface area (Å²) in [6.07, 6.45) is 5.46. The quantitative estimate of drug-likeness (QED) is 0.789. The summed E-state index contributed by atoms with van der Waals surface area (Å²) in [4.78, 5) is 23.6. The molecule has 94 valence electrons. The number of aryl methyl sites for hydroxylation is 1. The fourth-order valence-corrected chi connectivity index (χ4v) is 2.25. The molecule has 0 aromatic carbocycles. The van der Waals surface area contributed by atoms with Gasteiger partial charge in [0.25, 0.3) is 0 Å². The number of nitrogens with zero attached hydrogens (tertiary/aromatic N) is 3. The zero-order valence-electron chi connectivity index (χ0n) is 10.3. The molecule has 0 N–H and O–H groups in total. The number of aromatic nitrogens is 3. The van der Waals surface area contributed by atoms with Gasteiger partial charge >= 0.3 is 5.69 Å². The Morgan fingerprint density at radius 1 is 1.35 bits per heavy atom. The second-order valence-corrected chi connectivity index (χ2v) is 4.61. The van der Waals surface area contributed by atoms with Gasteiger partial charge in [-0.05, 0) is 19.3 Å². The standard InChI is InChI=1S/C12H19N3O2/c1-2-6-10(16)9-15-12(17)14-8-5-3-4-7-11(14)13-15/h2-9H2,1H3. The summed E-state index contributed by atoms with van der Waals surface area (Å²) in [5.41, 5.74) is -0.119. The molecule has 5 nitrogen and oxygen atoms in total. The minimum atomic E-state index is -0.119. The fourth-order valence-electron chi connectivity index (χ4n) is 2.25. The van der Waals surface area contributed by atoms with Crippen LogP contribution in [0.2, 0.25) is 0 Å². The Kier molecular flexibility index (Phi) is 3.76. The topological polar surface area (TPSA) is 56.9 Å². The molecular formula is C12H19N3O2. The van der Waals surface area contributed by atoms with Gasteiger partial charge in [0.05, 0.1) is 0 Å². The summed E-state index contributed by atoms with van der Waals surface area (Å²) in [5.74, 6) is 0.930. The Morgan fingerprint density at radius 3 is 2.94 bits per heavy atom. The summed E-state index contributed by atoms with van der Waals surface area (Å²) in [7, 11) is 0. The van der Waals surface area contributed by atoms with E-state index in [1.54, 1.807) is 4.57 Å². The monoisotopic (exact) mass is 237 g/mol. The largest absolute Gasteiger partial charge is 0.346 e. The number of fused-ring (bicyclic) bond motifs is 1. The fraction of sp³-hybridized carbons (Fsp3) is 0.750. The smallest absolute Gasteiger partial charge is 0.298 e. The molecule has 1 aliphatic rings. The zero-order valence-corrected chi connectivity index (χ0v) is 10.3. The van der Waals surface area contributed by atoms with Crippen LogP contribution in [-0.2, 0) is 24.3 Å². The van der Waals surface area contributed by atoms with Gasteiger partial charge in [-0.15, -0.1) is 0 Å². The van der Waals surface area contributed by atoms with E-state index in [2.05, 4.69) is 5.10 Å². The van der Waals surface area contributed by atoms with E-state index >= 15 is 0 Å². The highest BCUT2D eigenvalue weighted by Gasteiger charge is 2.16. The molecule has 0 bridgehead atoms. The van der Waals surface area contributed by atoms with E-state index in [4.69, 9.17) is 0 Å². The van der Waals surface area contributed by atoms with Crippen LogP contribution in [0, 0.1) is 0 Å². The minimum absolute atomic E-state index is 0.0860. The maximum atomic E-state index is 12.0. The van der Waals surface area contributed by atoms with Crippen molar-refractivity contribution in [1.29, 1.82) is 0 Å². The summed E-state index contributed by atoms with van der Waals surface area (Å²) in [6, 6.07) is 0. The van der Waals surface area contributed by atoms with Gasteiger partial charge in [0, 0.05) is 19.4 Å². The van der Waals surface area contributed by atoms with Crippen molar-refractivity contribution in [2.45, 2.75) is 58.5 Å².